The first-order valence-electron chi connectivity index (χ1n) is 5.55. The molecule has 0 heterocycles. The SMILES string of the molecule is CCC(N)CC(O)c1cc(C)ccc1C. The first-order chi connectivity index (χ1) is 7.04. The number of benzene rings is 1. The van der Waals surface area contributed by atoms with E-state index in [0.29, 0.717) is 6.42 Å². The topological polar surface area (TPSA) is 46.2 Å². The molecule has 2 unspecified atom stereocenters. The van der Waals surface area contributed by atoms with Crippen LogP contribution in [0.3, 0.4) is 0 Å². The molecule has 84 valence electrons. The van der Waals surface area contributed by atoms with Gasteiger partial charge in [0, 0.05) is 6.04 Å². The molecule has 0 aliphatic rings. The molecular weight excluding hydrogens is 186 g/mol. The van der Waals surface area contributed by atoms with E-state index in [0.717, 1.165) is 17.5 Å². The zero-order valence-electron chi connectivity index (χ0n) is 9.83. The van der Waals surface area contributed by atoms with Crippen molar-refractivity contribution in [2.45, 2.75) is 45.8 Å². The van der Waals surface area contributed by atoms with Gasteiger partial charge in [0.1, 0.15) is 0 Å². The molecule has 0 spiro atoms. The lowest BCUT2D eigenvalue weighted by atomic mass is 9.96. The molecule has 0 saturated heterocycles. The van der Waals surface area contributed by atoms with E-state index in [1.165, 1.54) is 5.56 Å². The Bertz CT molecular complexity index is 322. The van der Waals surface area contributed by atoms with Crippen LogP contribution in [0.15, 0.2) is 18.2 Å². The normalized spacial score (nSPS) is 15.0. The minimum atomic E-state index is -0.431. The molecule has 0 aliphatic heterocycles. The van der Waals surface area contributed by atoms with E-state index in [4.69, 9.17) is 5.73 Å². The van der Waals surface area contributed by atoms with Crippen LogP contribution in [-0.4, -0.2) is 11.1 Å². The maximum absolute atomic E-state index is 10.0. The molecule has 0 saturated carbocycles. The summed E-state index contributed by atoms with van der Waals surface area (Å²) in [6.07, 6.45) is 1.11. The van der Waals surface area contributed by atoms with Crippen LogP contribution < -0.4 is 5.73 Å². The molecule has 2 atom stereocenters. The number of hydrogen-bond donors (Lipinski definition) is 2. The summed E-state index contributed by atoms with van der Waals surface area (Å²) in [7, 11) is 0. The highest BCUT2D eigenvalue weighted by atomic mass is 16.3. The first kappa shape index (κ1) is 12.2. The number of hydrogen-bond acceptors (Lipinski definition) is 2. The fourth-order valence-electron chi connectivity index (χ4n) is 1.70. The van der Waals surface area contributed by atoms with Crippen LogP contribution in [0.1, 0.15) is 42.6 Å². The van der Waals surface area contributed by atoms with Crippen LogP contribution in [0, 0.1) is 13.8 Å². The molecule has 0 amide bonds. The highest BCUT2D eigenvalue weighted by Crippen LogP contribution is 2.23. The van der Waals surface area contributed by atoms with Crippen molar-refractivity contribution in [1.82, 2.24) is 0 Å². The Morgan fingerprint density at radius 1 is 1.33 bits per heavy atom. The smallest absolute Gasteiger partial charge is 0.0807 e. The Hall–Kier alpha value is -0.860. The van der Waals surface area contributed by atoms with Gasteiger partial charge in [0.25, 0.3) is 0 Å². The number of aryl methyl sites for hydroxylation is 2. The van der Waals surface area contributed by atoms with Gasteiger partial charge in [-0.05, 0) is 37.8 Å². The van der Waals surface area contributed by atoms with Gasteiger partial charge in [0.2, 0.25) is 0 Å². The fourth-order valence-corrected chi connectivity index (χ4v) is 1.70. The maximum Gasteiger partial charge on any atom is 0.0807 e. The van der Waals surface area contributed by atoms with E-state index in [-0.39, 0.29) is 6.04 Å². The summed E-state index contributed by atoms with van der Waals surface area (Å²) in [5, 5.41) is 10.0. The molecule has 0 bridgehead atoms. The largest absolute Gasteiger partial charge is 0.388 e. The van der Waals surface area contributed by atoms with Crippen LogP contribution in [0.2, 0.25) is 0 Å². The molecule has 15 heavy (non-hydrogen) atoms. The summed E-state index contributed by atoms with van der Waals surface area (Å²) < 4.78 is 0. The standard InChI is InChI=1S/C13H21NO/c1-4-11(14)8-13(15)12-7-9(2)5-6-10(12)3/h5-7,11,13,15H,4,8,14H2,1-3H3. The predicted molar refractivity (Wildman–Crippen MR) is 63.8 cm³/mol. The Morgan fingerprint density at radius 3 is 2.60 bits per heavy atom. The van der Waals surface area contributed by atoms with Crippen LogP contribution in [0.5, 0.6) is 0 Å². The molecular formula is C13H21NO. The first-order valence-corrected chi connectivity index (χ1v) is 5.55. The number of nitrogens with two attached hydrogens (primary N) is 1. The van der Waals surface area contributed by atoms with Crippen LogP contribution in [0.25, 0.3) is 0 Å². The van der Waals surface area contributed by atoms with Gasteiger partial charge in [0.15, 0.2) is 0 Å². The second-order valence-corrected chi connectivity index (χ2v) is 4.28. The highest BCUT2D eigenvalue weighted by molar-refractivity contribution is 5.32. The lowest BCUT2D eigenvalue weighted by Gasteiger charge is -2.17. The van der Waals surface area contributed by atoms with Gasteiger partial charge in [-0.3, -0.25) is 0 Å². The third kappa shape index (κ3) is 3.33. The van der Waals surface area contributed by atoms with Crippen molar-refractivity contribution in [3.05, 3.63) is 34.9 Å². The maximum atomic E-state index is 10.0. The number of rotatable bonds is 4. The van der Waals surface area contributed by atoms with Crippen molar-refractivity contribution in [1.29, 1.82) is 0 Å². The molecule has 0 fully saturated rings. The zero-order valence-corrected chi connectivity index (χ0v) is 9.83. The average molecular weight is 207 g/mol. The molecule has 1 rings (SSSR count). The summed E-state index contributed by atoms with van der Waals surface area (Å²) in [5.74, 6) is 0. The van der Waals surface area contributed by atoms with Crippen molar-refractivity contribution in [3.8, 4) is 0 Å². The third-order valence-electron chi connectivity index (χ3n) is 2.84. The predicted octanol–water partition coefficient (Wildman–Crippen LogP) is 2.46. The summed E-state index contributed by atoms with van der Waals surface area (Å²) >= 11 is 0. The van der Waals surface area contributed by atoms with Crippen LogP contribution in [0.4, 0.5) is 0 Å². The quantitative estimate of drug-likeness (QED) is 0.796. The van der Waals surface area contributed by atoms with E-state index in [2.05, 4.69) is 6.07 Å². The average Bonchev–Trinajstić information content (AvgIpc) is 2.21. The van der Waals surface area contributed by atoms with Gasteiger partial charge >= 0.3 is 0 Å². The zero-order chi connectivity index (χ0) is 11.4. The van der Waals surface area contributed by atoms with Crippen LogP contribution in [-0.2, 0) is 0 Å². The third-order valence-corrected chi connectivity index (χ3v) is 2.84. The number of aliphatic hydroxyl groups is 1. The van der Waals surface area contributed by atoms with Gasteiger partial charge in [-0.25, -0.2) is 0 Å². The van der Waals surface area contributed by atoms with E-state index in [1.807, 2.05) is 32.9 Å². The lowest BCUT2D eigenvalue weighted by molar-refractivity contribution is 0.156. The van der Waals surface area contributed by atoms with Crippen molar-refractivity contribution in [2.24, 2.45) is 5.73 Å². The minimum Gasteiger partial charge on any atom is -0.388 e. The Labute approximate surface area is 92.1 Å². The Kier molecular flexibility index (Phi) is 4.30. The van der Waals surface area contributed by atoms with Crippen molar-refractivity contribution < 1.29 is 5.11 Å². The summed E-state index contributed by atoms with van der Waals surface area (Å²) in [6, 6.07) is 6.24. The molecule has 2 nitrogen and oxygen atoms in total. The molecule has 0 radical (unpaired) electrons. The fraction of sp³-hybridized carbons (Fsp3) is 0.538. The minimum absolute atomic E-state index is 0.0833. The lowest BCUT2D eigenvalue weighted by Crippen LogP contribution is -2.22. The second kappa shape index (κ2) is 5.29. The Morgan fingerprint density at radius 2 is 2.00 bits per heavy atom. The van der Waals surface area contributed by atoms with Crippen molar-refractivity contribution in [3.63, 3.8) is 0 Å². The van der Waals surface area contributed by atoms with Gasteiger partial charge < -0.3 is 10.8 Å². The molecule has 0 aromatic heterocycles. The Balaban J connectivity index is 2.80. The molecule has 3 N–H and O–H groups in total. The molecule has 0 aliphatic carbocycles. The van der Waals surface area contributed by atoms with Gasteiger partial charge in [-0.1, -0.05) is 30.7 Å². The van der Waals surface area contributed by atoms with Crippen LogP contribution >= 0.6 is 0 Å². The van der Waals surface area contributed by atoms with Crippen molar-refractivity contribution in [2.75, 3.05) is 0 Å². The van der Waals surface area contributed by atoms with E-state index in [9.17, 15) is 5.11 Å². The van der Waals surface area contributed by atoms with Crippen molar-refractivity contribution >= 4 is 0 Å². The monoisotopic (exact) mass is 207 g/mol. The van der Waals surface area contributed by atoms with Gasteiger partial charge in [-0.15, -0.1) is 0 Å². The highest BCUT2D eigenvalue weighted by Gasteiger charge is 2.13. The second-order valence-electron chi connectivity index (χ2n) is 4.28. The van der Waals surface area contributed by atoms with E-state index >= 15 is 0 Å². The summed E-state index contributed by atoms with van der Waals surface area (Å²) in [4.78, 5) is 0. The van der Waals surface area contributed by atoms with Gasteiger partial charge in [0.05, 0.1) is 6.10 Å². The molecule has 2 heteroatoms. The van der Waals surface area contributed by atoms with E-state index in [1.54, 1.807) is 0 Å². The summed E-state index contributed by atoms with van der Waals surface area (Å²) in [6.45, 7) is 6.10. The van der Waals surface area contributed by atoms with Gasteiger partial charge in [-0.2, -0.15) is 0 Å². The summed E-state index contributed by atoms with van der Waals surface area (Å²) in [5.41, 5.74) is 9.17. The number of aliphatic hydroxyl groups excluding tert-OH is 1. The van der Waals surface area contributed by atoms with E-state index < -0.39 is 6.10 Å². The molecule has 1 aromatic carbocycles. The molecule has 1 aromatic rings.